The highest BCUT2D eigenvalue weighted by atomic mass is 16.5. The van der Waals surface area contributed by atoms with Crippen molar-refractivity contribution in [1.82, 2.24) is 4.90 Å². The molecule has 0 fully saturated rings. The Kier molecular flexibility index (Phi) is 12.1. The lowest BCUT2D eigenvalue weighted by Crippen LogP contribution is -2.40. The molecule has 0 heterocycles. The zero-order chi connectivity index (χ0) is 12.9. The molecule has 0 radical (unpaired) electrons. The van der Waals surface area contributed by atoms with Crippen LogP contribution in [0.1, 0.15) is 19.8 Å². The van der Waals surface area contributed by atoms with Crippen molar-refractivity contribution in [1.29, 1.82) is 0 Å². The Morgan fingerprint density at radius 2 is 2.12 bits per heavy atom. The van der Waals surface area contributed by atoms with Crippen LogP contribution in [-0.2, 0) is 9.47 Å². The van der Waals surface area contributed by atoms with E-state index in [4.69, 9.17) is 20.3 Å². The van der Waals surface area contributed by atoms with Crippen molar-refractivity contribution in [2.75, 3.05) is 53.2 Å². The monoisotopic (exact) mass is 248 g/mol. The first-order valence-corrected chi connectivity index (χ1v) is 6.41. The van der Waals surface area contributed by atoms with Crippen LogP contribution in [0.4, 0.5) is 0 Å². The molecule has 17 heavy (non-hydrogen) atoms. The van der Waals surface area contributed by atoms with Gasteiger partial charge in [-0.3, -0.25) is 4.90 Å². The number of aliphatic hydroxyl groups is 1. The van der Waals surface area contributed by atoms with E-state index in [-0.39, 0.29) is 6.61 Å². The molecule has 3 N–H and O–H groups in total. The van der Waals surface area contributed by atoms with E-state index in [9.17, 15) is 0 Å². The fraction of sp³-hybridized carbons (Fsp3) is 1.00. The van der Waals surface area contributed by atoms with Gasteiger partial charge in [-0.05, 0) is 25.9 Å². The van der Waals surface area contributed by atoms with E-state index in [1.54, 1.807) is 7.11 Å². The van der Waals surface area contributed by atoms with E-state index < -0.39 is 0 Å². The first-order valence-electron chi connectivity index (χ1n) is 6.41. The van der Waals surface area contributed by atoms with Gasteiger partial charge in [0.05, 0.1) is 26.4 Å². The minimum Gasteiger partial charge on any atom is -0.394 e. The van der Waals surface area contributed by atoms with Crippen LogP contribution in [0.15, 0.2) is 0 Å². The van der Waals surface area contributed by atoms with Gasteiger partial charge < -0.3 is 20.3 Å². The summed E-state index contributed by atoms with van der Waals surface area (Å²) < 4.78 is 10.5. The molecule has 0 saturated carbocycles. The van der Waals surface area contributed by atoms with Gasteiger partial charge in [0.1, 0.15) is 0 Å². The van der Waals surface area contributed by atoms with Crippen LogP contribution in [0.25, 0.3) is 0 Å². The fourth-order valence-corrected chi connectivity index (χ4v) is 1.86. The van der Waals surface area contributed by atoms with Gasteiger partial charge in [-0.25, -0.2) is 0 Å². The maximum Gasteiger partial charge on any atom is 0.0698 e. The fourth-order valence-electron chi connectivity index (χ4n) is 1.86. The Morgan fingerprint density at radius 3 is 2.65 bits per heavy atom. The van der Waals surface area contributed by atoms with Crippen molar-refractivity contribution < 1.29 is 14.6 Å². The van der Waals surface area contributed by atoms with Gasteiger partial charge in [0.15, 0.2) is 0 Å². The second-order valence-corrected chi connectivity index (χ2v) is 4.00. The van der Waals surface area contributed by atoms with Gasteiger partial charge in [0, 0.05) is 19.7 Å². The molecule has 5 heteroatoms. The number of methoxy groups -OCH3 is 1. The summed E-state index contributed by atoms with van der Waals surface area (Å²) in [5.41, 5.74) is 5.54. The molecule has 0 rings (SSSR count). The van der Waals surface area contributed by atoms with E-state index in [0.717, 1.165) is 39.1 Å². The van der Waals surface area contributed by atoms with Crippen LogP contribution < -0.4 is 5.73 Å². The number of hydrogen-bond donors (Lipinski definition) is 2. The Labute approximate surface area is 105 Å². The number of rotatable bonds is 12. The van der Waals surface area contributed by atoms with E-state index in [1.165, 1.54) is 0 Å². The highest BCUT2D eigenvalue weighted by Crippen LogP contribution is 2.07. The Hall–Kier alpha value is -0.200. The summed E-state index contributed by atoms with van der Waals surface area (Å²) in [6.07, 6.45) is 2.07. The highest BCUT2D eigenvalue weighted by molar-refractivity contribution is 4.70. The van der Waals surface area contributed by atoms with Crippen molar-refractivity contribution in [3.05, 3.63) is 0 Å². The average molecular weight is 248 g/mol. The molecule has 1 atom stereocenters. The lowest BCUT2D eigenvalue weighted by Gasteiger charge is -2.30. The minimum absolute atomic E-state index is 0.0841. The molecule has 104 valence electrons. The number of hydrogen-bond acceptors (Lipinski definition) is 5. The molecule has 0 aliphatic carbocycles. The lowest BCUT2D eigenvalue weighted by atomic mass is 10.1. The third-order valence-corrected chi connectivity index (χ3v) is 2.78. The summed E-state index contributed by atoms with van der Waals surface area (Å²) in [7, 11) is 1.73. The van der Waals surface area contributed by atoms with Crippen LogP contribution in [0.3, 0.4) is 0 Å². The topological polar surface area (TPSA) is 68.0 Å². The molecule has 1 unspecified atom stereocenters. The number of nitrogens with zero attached hydrogens (tertiary/aromatic N) is 1. The van der Waals surface area contributed by atoms with E-state index >= 15 is 0 Å². The summed E-state index contributed by atoms with van der Waals surface area (Å²) in [6.45, 7) is 6.58. The van der Waals surface area contributed by atoms with Crippen molar-refractivity contribution in [2.45, 2.75) is 25.8 Å². The minimum atomic E-state index is 0.0841. The molecule has 0 aromatic carbocycles. The van der Waals surface area contributed by atoms with Gasteiger partial charge in [-0.1, -0.05) is 6.92 Å². The average Bonchev–Trinajstić information content (AvgIpc) is 2.35. The van der Waals surface area contributed by atoms with Crippen molar-refractivity contribution >= 4 is 0 Å². The van der Waals surface area contributed by atoms with E-state index in [0.29, 0.717) is 19.3 Å². The predicted molar refractivity (Wildman–Crippen MR) is 69.1 cm³/mol. The maximum absolute atomic E-state index is 8.63. The van der Waals surface area contributed by atoms with Crippen LogP contribution >= 0.6 is 0 Å². The molecule has 0 aliphatic rings. The standard InChI is InChI=1S/C12H28N2O3/c1-3-14(7-9-17-10-8-15)12(11-16-2)5-4-6-13/h12,15H,3-11,13H2,1-2H3. The van der Waals surface area contributed by atoms with E-state index in [1.807, 2.05) is 0 Å². The normalized spacial score (nSPS) is 13.2. The summed E-state index contributed by atoms with van der Waals surface area (Å²) in [4.78, 5) is 2.34. The number of aliphatic hydroxyl groups excluding tert-OH is 1. The smallest absolute Gasteiger partial charge is 0.0698 e. The quantitative estimate of drug-likeness (QED) is 0.478. The van der Waals surface area contributed by atoms with Gasteiger partial charge >= 0.3 is 0 Å². The maximum atomic E-state index is 8.63. The predicted octanol–water partition coefficient (Wildman–Crippen LogP) is 0.0711. The molecule has 0 aromatic rings. The van der Waals surface area contributed by atoms with Crippen LogP contribution in [-0.4, -0.2) is 69.2 Å². The van der Waals surface area contributed by atoms with Crippen molar-refractivity contribution in [3.63, 3.8) is 0 Å². The largest absolute Gasteiger partial charge is 0.394 e. The third-order valence-electron chi connectivity index (χ3n) is 2.78. The number of ether oxygens (including phenoxy) is 2. The molecule has 0 bridgehead atoms. The summed E-state index contributed by atoms with van der Waals surface area (Å²) in [5, 5.41) is 8.63. The highest BCUT2D eigenvalue weighted by Gasteiger charge is 2.16. The number of likely N-dealkylation sites (N-methyl/N-ethyl adjacent to an activating group) is 1. The zero-order valence-corrected chi connectivity index (χ0v) is 11.2. The zero-order valence-electron chi connectivity index (χ0n) is 11.2. The van der Waals surface area contributed by atoms with Gasteiger partial charge in [0.2, 0.25) is 0 Å². The molecule has 0 aliphatic heterocycles. The van der Waals surface area contributed by atoms with Crippen molar-refractivity contribution in [3.8, 4) is 0 Å². The summed E-state index contributed by atoms with van der Waals surface area (Å²) in [6, 6.07) is 0.409. The van der Waals surface area contributed by atoms with E-state index in [2.05, 4.69) is 11.8 Å². The molecule has 0 amide bonds. The SMILES string of the molecule is CCN(CCOCCO)C(CCCN)COC. The summed E-state index contributed by atoms with van der Waals surface area (Å²) >= 11 is 0. The molecule has 0 aromatic heterocycles. The van der Waals surface area contributed by atoms with Crippen LogP contribution in [0, 0.1) is 0 Å². The Bertz CT molecular complexity index is 159. The third kappa shape index (κ3) is 8.51. The molecule has 0 spiro atoms. The van der Waals surface area contributed by atoms with Gasteiger partial charge in [0.25, 0.3) is 0 Å². The van der Waals surface area contributed by atoms with Gasteiger partial charge in [-0.2, -0.15) is 0 Å². The van der Waals surface area contributed by atoms with Crippen LogP contribution in [0.2, 0.25) is 0 Å². The first kappa shape index (κ1) is 16.8. The first-order chi connectivity index (χ1) is 8.29. The molecular formula is C12H28N2O3. The Morgan fingerprint density at radius 1 is 1.35 bits per heavy atom. The van der Waals surface area contributed by atoms with Crippen molar-refractivity contribution in [2.24, 2.45) is 5.73 Å². The second kappa shape index (κ2) is 12.3. The van der Waals surface area contributed by atoms with Gasteiger partial charge in [-0.15, -0.1) is 0 Å². The molecular weight excluding hydrogens is 220 g/mol. The summed E-state index contributed by atoms with van der Waals surface area (Å²) in [5.74, 6) is 0. The second-order valence-electron chi connectivity index (χ2n) is 4.00. The molecule has 0 saturated heterocycles. The lowest BCUT2D eigenvalue weighted by molar-refractivity contribution is 0.0422. The van der Waals surface area contributed by atoms with Crippen LogP contribution in [0.5, 0.6) is 0 Å². The Balaban J connectivity index is 3.95. The number of nitrogens with two attached hydrogens (primary N) is 1. The molecule has 5 nitrogen and oxygen atoms in total.